The summed E-state index contributed by atoms with van der Waals surface area (Å²) in [6.45, 7) is 4.20. The van der Waals surface area contributed by atoms with Crippen LogP contribution in [0, 0.1) is 16.0 Å². The number of non-ortho nitro benzene ring substituents is 1. The van der Waals surface area contributed by atoms with Gasteiger partial charge in [-0.25, -0.2) is 0 Å². The first-order valence-corrected chi connectivity index (χ1v) is 5.00. The van der Waals surface area contributed by atoms with Crippen molar-refractivity contribution in [2.45, 2.75) is 26.3 Å². The van der Waals surface area contributed by atoms with E-state index < -0.39 is 4.92 Å². The lowest BCUT2D eigenvalue weighted by molar-refractivity contribution is -0.384. The van der Waals surface area contributed by atoms with Gasteiger partial charge in [0.25, 0.3) is 5.69 Å². The third kappa shape index (κ3) is 4.16. The van der Waals surface area contributed by atoms with Gasteiger partial charge in [-0.2, -0.15) is 0 Å². The van der Waals surface area contributed by atoms with Crippen LogP contribution in [0.5, 0.6) is 0 Å². The van der Waals surface area contributed by atoms with Crippen molar-refractivity contribution in [2.24, 2.45) is 11.7 Å². The minimum absolute atomic E-state index is 0. The molecule has 0 aromatic heterocycles. The summed E-state index contributed by atoms with van der Waals surface area (Å²) in [6, 6.07) is 6.41. The fourth-order valence-corrected chi connectivity index (χ4v) is 1.49. The van der Waals surface area contributed by atoms with Crippen molar-refractivity contribution in [1.82, 2.24) is 0 Å². The molecule has 0 aliphatic rings. The van der Waals surface area contributed by atoms with Crippen LogP contribution in [0.3, 0.4) is 0 Å². The third-order valence-electron chi connectivity index (χ3n) is 2.26. The van der Waals surface area contributed by atoms with Gasteiger partial charge >= 0.3 is 0 Å². The first-order valence-electron chi connectivity index (χ1n) is 5.00. The second-order valence-corrected chi connectivity index (χ2v) is 4.08. The number of nitro benzene ring substituents is 1. The molecule has 0 saturated heterocycles. The molecule has 0 aliphatic heterocycles. The number of benzene rings is 1. The van der Waals surface area contributed by atoms with E-state index in [9.17, 15) is 10.1 Å². The van der Waals surface area contributed by atoms with E-state index in [1.165, 1.54) is 12.1 Å². The van der Waals surface area contributed by atoms with Crippen molar-refractivity contribution < 1.29 is 4.92 Å². The van der Waals surface area contributed by atoms with Gasteiger partial charge in [0.1, 0.15) is 0 Å². The van der Waals surface area contributed by atoms with Crippen LogP contribution in [-0.2, 0) is 0 Å². The Morgan fingerprint density at radius 1 is 1.31 bits per heavy atom. The zero-order valence-corrected chi connectivity index (χ0v) is 10.2. The number of hydrogen-bond acceptors (Lipinski definition) is 3. The van der Waals surface area contributed by atoms with Gasteiger partial charge in [0.05, 0.1) is 4.92 Å². The van der Waals surface area contributed by atoms with Crippen LogP contribution in [0.2, 0.25) is 0 Å². The Balaban J connectivity index is 0.00000225. The van der Waals surface area contributed by atoms with Crippen LogP contribution in [0.1, 0.15) is 31.9 Å². The standard InChI is InChI=1S/C11H16N2O2.ClH/c1-8(2)7-11(12)9-3-5-10(6-4-9)13(14)15;/h3-6,8,11H,7,12H2,1-2H3;1H/t11-;/m1./s1. The Kier molecular flexibility index (Phi) is 6.00. The number of rotatable bonds is 4. The van der Waals surface area contributed by atoms with Crippen LogP contribution >= 0.6 is 12.4 Å². The quantitative estimate of drug-likeness (QED) is 0.654. The van der Waals surface area contributed by atoms with E-state index in [1.807, 2.05) is 0 Å². The van der Waals surface area contributed by atoms with Crippen LogP contribution in [0.15, 0.2) is 24.3 Å². The summed E-state index contributed by atoms with van der Waals surface area (Å²) in [5.41, 5.74) is 7.01. The molecular weight excluding hydrogens is 228 g/mol. The van der Waals surface area contributed by atoms with Crippen molar-refractivity contribution in [3.05, 3.63) is 39.9 Å². The maximum atomic E-state index is 10.4. The summed E-state index contributed by atoms with van der Waals surface area (Å²) in [6.07, 6.45) is 0.887. The van der Waals surface area contributed by atoms with E-state index in [0.29, 0.717) is 5.92 Å². The van der Waals surface area contributed by atoms with Crippen LogP contribution < -0.4 is 5.73 Å². The molecule has 0 heterocycles. The normalized spacial score (nSPS) is 12.0. The second-order valence-electron chi connectivity index (χ2n) is 4.08. The third-order valence-corrected chi connectivity index (χ3v) is 2.26. The molecule has 0 fully saturated rings. The Bertz CT molecular complexity index is 338. The van der Waals surface area contributed by atoms with E-state index >= 15 is 0 Å². The summed E-state index contributed by atoms with van der Waals surface area (Å²) in [7, 11) is 0. The lowest BCUT2D eigenvalue weighted by atomic mass is 9.98. The largest absolute Gasteiger partial charge is 0.324 e. The average Bonchev–Trinajstić information content (AvgIpc) is 2.17. The molecule has 4 nitrogen and oxygen atoms in total. The Hall–Kier alpha value is -1.13. The van der Waals surface area contributed by atoms with Crippen molar-refractivity contribution in [1.29, 1.82) is 0 Å². The fraction of sp³-hybridized carbons (Fsp3) is 0.455. The minimum atomic E-state index is -0.405. The number of halogens is 1. The zero-order valence-electron chi connectivity index (χ0n) is 9.42. The molecule has 0 radical (unpaired) electrons. The smallest absolute Gasteiger partial charge is 0.269 e. The summed E-state index contributed by atoms with van der Waals surface area (Å²) < 4.78 is 0. The minimum Gasteiger partial charge on any atom is -0.324 e. The number of nitro groups is 1. The Labute approximate surface area is 101 Å². The maximum absolute atomic E-state index is 10.4. The lowest BCUT2D eigenvalue weighted by Crippen LogP contribution is -2.12. The fourth-order valence-electron chi connectivity index (χ4n) is 1.49. The van der Waals surface area contributed by atoms with Crippen LogP contribution in [-0.4, -0.2) is 4.92 Å². The van der Waals surface area contributed by atoms with Crippen molar-refractivity contribution in [3.8, 4) is 0 Å². The van der Waals surface area contributed by atoms with Crippen LogP contribution in [0.4, 0.5) is 5.69 Å². The average molecular weight is 245 g/mol. The van der Waals surface area contributed by atoms with E-state index in [2.05, 4.69) is 13.8 Å². The molecule has 0 amide bonds. The van der Waals surface area contributed by atoms with Gasteiger partial charge in [-0.05, 0) is 17.9 Å². The highest BCUT2D eigenvalue weighted by atomic mass is 35.5. The molecule has 0 bridgehead atoms. The second kappa shape index (κ2) is 6.45. The highest BCUT2D eigenvalue weighted by Crippen LogP contribution is 2.21. The monoisotopic (exact) mass is 244 g/mol. The Morgan fingerprint density at radius 2 is 1.81 bits per heavy atom. The molecule has 1 aromatic rings. The molecule has 90 valence electrons. The summed E-state index contributed by atoms with van der Waals surface area (Å²) in [5, 5.41) is 10.4. The molecule has 16 heavy (non-hydrogen) atoms. The highest BCUT2D eigenvalue weighted by Gasteiger charge is 2.10. The van der Waals surface area contributed by atoms with Gasteiger partial charge in [-0.3, -0.25) is 10.1 Å². The topological polar surface area (TPSA) is 69.2 Å². The summed E-state index contributed by atoms with van der Waals surface area (Å²) in [5.74, 6) is 0.523. The summed E-state index contributed by atoms with van der Waals surface area (Å²) >= 11 is 0. The molecule has 0 saturated carbocycles. The lowest BCUT2D eigenvalue weighted by Gasteiger charge is -2.13. The maximum Gasteiger partial charge on any atom is 0.269 e. The zero-order chi connectivity index (χ0) is 11.4. The molecule has 0 spiro atoms. The van der Waals surface area contributed by atoms with Crippen molar-refractivity contribution in [3.63, 3.8) is 0 Å². The predicted molar refractivity (Wildman–Crippen MR) is 66.7 cm³/mol. The highest BCUT2D eigenvalue weighted by molar-refractivity contribution is 5.85. The first-order chi connectivity index (χ1) is 7.00. The van der Waals surface area contributed by atoms with Crippen LogP contribution in [0.25, 0.3) is 0 Å². The molecule has 1 atom stereocenters. The van der Waals surface area contributed by atoms with E-state index in [1.54, 1.807) is 12.1 Å². The van der Waals surface area contributed by atoms with E-state index in [-0.39, 0.29) is 24.1 Å². The molecule has 1 aromatic carbocycles. The van der Waals surface area contributed by atoms with E-state index in [0.717, 1.165) is 12.0 Å². The van der Waals surface area contributed by atoms with E-state index in [4.69, 9.17) is 5.73 Å². The first kappa shape index (κ1) is 14.9. The number of hydrogen-bond donors (Lipinski definition) is 1. The molecule has 0 unspecified atom stereocenters. The summed E-state index contributed by atoms with van der Waals surface area (Å²) in [4.78, 5) is 10.0. The molecule has 0 aliphatic carbocycles. The van der Waals surface area contributed by atoms with Gasteiger partial charge in [0.2, 0.25) is 0 Å². The van der Waals surface area contributed by atoms with Gasteiger partial charge in [0, 0.05) is 18.2 Å². The number of nitrogens with two attached hydrogens (primary N) is 1. The van der Waals surface area contributed by atoms with Gasteiger partial charge < -0.3 is 5.73 Å². The van der Waals surface area contributed by atoms with Crippen molar-refractivity contribution in [2.75, 3.05) is 0 Å². The molecule has 5 heteroatoms. The predicted octanol–water partition coefficient (Wildman–Crippen LogP) is 3.06. The van der Waals surface area contributed by atoms with Gasteiger partial charge in [0.15, 0.2) is 0 Å². The molecule has 2 N–H and O–H groups in total. The molecule has 1 rings (SSSR count). The SMILES string of the molecule is CC(C)C[C@@H](N)c1ccc([N+](=O)[O-])cc1.Cl. The molecular formula is C11H17ClN2O2. The van der Waals surface area contributed by atoms with Gasteiger partial charge in [-0.1, -0.05) is 26.0 Å². The van der Waals surface area contributed by atoms with Gasteiger partial charge in [-0.15, -0.1) is 12.4 Å². The van der Waals surface area contributed by atoms with Crippen molar-refractivity contribution >= 4 is 18.1 Å². The Morgan fingerprint density at radius 3 is 2.19 bits per heavy atom. The number of nitrogens with zero attached hydrogens (tertiary/aromatic N) is 1.